The number of anilines is 3. The zero-order valence-corrected chi connectivity index (χ0v) is 49.3. The van der Waals surface area contributed by atoms with Crippen LogP contribution in [0.1, 0.15) is 45.1 Å². The molecule has 17 rings (SSSR count). The summed E-state index contributed by atoms with van der Waals surface area (Å²) in [5.41, 5.74) is 35.1. The molecule has 0 saturated heterocycles. The number of benzene rings is 7. The van der Waals surface area contributed by atoms with Crippen molar-refractivity contribution in [3.8, 4) is 56.0 Å². The molecule has 426 valence electrons. The van der Waals surface area contributed by atoms with Gasteiger partial charge in [-0.2, -0.15) is 0 Å². The molecule has 0 spiro atoms. The normalized spacial score (nSPS) is 15.8. The van der Waals surface area contributed by atoms with E-state index in [1.54, 1.807) is 6.20 Å². The number of hydrogen-bond acceptors (Lipinski definition) is 7. The largest absolute Gasteiger partial charge is 0.460 e. The zero-order valence-electron chi connectivity index (χ0n) is 49.3. The Morgan fingerprint density at radius 3 is 1.78 bits per heavy atom. The molecule has 7 heteroatoms. The molecule has 0 amide bonds. The van der Waals surface area contributed by atoms with Crippen LogP contribution in [0.4, 0.5) is 17.1 Å². The second kappa shape index (κ2) is 22.5. The molecule has 4 bridgehead atoms. The Bertz CT molecular complexity index is 5280. The smallest absolute Gasteiger partial charge is 0.135 e. The molecular formula is C84H54N6O. The predicted molar refractivity (Wildman–Crippen MR) is 372 cm³/mol. The van der Waals surface area contributed by atoms with E-state index in [-0.39, 0.29) is 5.92 Å². The maximum Gasteiger partial charge on any atom is 0.135 e. The average molecular weight is 1160 g/mol. The molecule has 3 aliphatic carbocycles. The molecule has 7 heterocycles. The Hall–Kier alpha value is -12.2. The molecule has 7 nitrogen and oxygen atoms in total. The van der Waals surface area contributed by atoms with Gasteiger partial charge in [0.25, 0.3) is 0 Å². The standard InChI is InChI=1S/C84H54N6O/c1-2-28-77(85-43-14-1)71-26-9-5-22-67(71)58-36-41-82-74(52-58)60-48-56(66-21-4-8-25-70(66)79-30-12-16-45-87-79)34-38-63(50-60)90(82)64-39-42-84-76(54-64)75-53-61(19-18-32-83(75)91-84)89-62-37-33-55(65-20-3-7-24-69(65)78-29-11-15-44-86-78)47-59(49-62)73-51-57(35-40-81(73)89)68-23-6-10-27-72(68)80-31-13-17-46-88-80/h1-13,15-31,33-49,51-54,59H,32H2. The van der Waals surface area contributed by atoms with Crippen molar-refractivity contribution < 1.29 is 4.42 Å². The van der Waals surface area contributed by atoms with Crippen LogP contribution in [-0.4, -0.2) is 20.7 Å². The number of allylic oxidation sites excluding steroid dienone is 14. The van der Waals surface area contributed by atoms with Crippen LogP contribution in [0.25, 0.3) is 89.8 Å². The number of fused-ring (bicyclic) bond motifs is 8. The highest BCUT2D eigenvalue weighted by Gasteiger charge is 2.32. The number of aromatic nitrogens is 3. The first-order valence-electron chi connectivity index (χ1n) is 30.7. The van der Waals surface area contributed by atoms with E-state index in [1.807, 2.05) is 61.1 Å². The number of aliphatic imine (C=N–C) groups is 1. The summed E-state index contributed by atoms with van der Waals surface area (Å²) >= 11 is 0. The highest BCUT2D eigenvalue weighted by molar-refractivity contribution is 6.13. The third kappa shape index (κ3) is 9.59. The first kappa shape index (κ1) is 53.0. The van der Waals surface area contributed by atoms with Gasteiger partial charge >= 0.3 is 0 Å². The summed E-state index contributed by atoms with van der Waals surface area (Å²) in [4.78, 5) is 24.0. The molecule has 0 radical (unpaired) electrons. The summed E-state index contributed by atoms with van der Waals surface area (Å²) in [6.07, 6.45) is 36.8. The first-order chi connectivity index (χ1) is 45.1. The SMILES string of the molecule is C1=CC=CC(c2ccccc2-c2ccc3c(c2)C2=C=C(C=CC(c4ccccc4-c4ccccn4)=C2)N3c2ccc3oc4c(c3c2)C=C(N2C3=CC(C=C(c5ccccc5-c5ccccn5)C=C3)c3cc(-c5ccccc5-c5ccccn5)ccc32)C=CC4)=NC=1. The Labute approximate surface area is 527 Å². The van der Waals surface area contributed by atoms with Gasteiger partial charge in [0.15, 0.2) is 0 Å². The minimum Gasteiger partial charge on any atom is -0.460 e. The average Bonchev–Trinajstić information content (AvgIpc) is 1.79. The Morgan fingerprint density at radius 2 is 1.08 bits per heavy atom. The van der Waals surface area contributed by atoms with Crippen LogP contribution in [-0.2, 0) is 6.42 Å². The molecule has 3 aliphatic heterocycles. The Morgan fingerprint density at radius 1 is 0.462 bits per heavy atom. The third-order valence-corrected chi connectivity index (χ3v) is 17.7. The van der Waals surface area contributed by atoms with Gasteiger partial charge in [-0.3, -0.25) is 15.0 Å². The summed E-state index contributed by atoms with van der Waals surface area (Å²) in [7, 11) is 0. The van der Waals surface area contributed by atoms with Crippen LogP contribution < -0.4 is 9.80 Å². The van der Waals surface area contributed by atoms with E-state index in [9.17, 15) is 0 Å². The summed E-state index contributed by atoms with van der Waals surface area (Å²) in [5, 5.41) is 1.02. The monoisotopic (exact) mass is 1160 g/mol. The number of rotatable bonds is 10. The lowest BCUT2D eigenvalue weighted by molar-refractivity contribution is 0.564. The second-order valence-electron chi connectivity index (χ2n) is 23.1. The van der Waals surface area contributed by atoms with Crippen molar-refractivity contribution in [2.75, 3.05) is 9.80 Å². The molecule has 0 saturated carbocycles. The number of hydrogen-bond donors (Lipinski definition) is 0. The van der Waals surface area contributed by atoms with Gasteiger partial charge in [0, 0.05) is 92.4 Å². The van der Waals surface area contributed by atoms with Crippen LogP contribution in [0.3, 0.4) is 0 Å². The van der Waals surface area contributed by atoms with Crippen LogP contribution in [0.5, 0.6) is 0 Å². The molecule has 1 atom stereocenters. The van der Waals surface area contributed by atoms with E-state index >= 15 is 0 Å². The van der Waals surface area contributed by atoms with E-state index in [0.717, 1.165) is 157 Å². The minimum atomic E-state index is -0.0571. The number of furan rings is 1. The summed E-state index contributed by atoms with van der Waals surface area (Å²) in [6, 6.07) is 73.0. The topological polar surface area (TPSA) is 70.7 Å². The quantitative estimate of drug-likeness (QED) is 0.127. The lowest BCUT2D eigenvalue weighted by Crippen LogP contribution is -2.25. The van der Waals surface area contributed by atoms with Gasteiger partial charge < -0.3 is 14.2 Å². The highest BCUT2D eigenvalue weighted by Crippen LogP contribution is 2.50. The lowest BCUT2D eigenvalue weighted by atomic mass is 9.86. The van der Waals surface area contributed by atoms with E-state index in [2.05, 4.69) is 264 Å². The highest BCUT2D eigenvalue weighted by atomic mass is 16.3. The van der Waals surface area contributed by atoms with Crippen molar-refractivity contribution in [1.82, 2.24) is 15.0 Å². The molecule has 7 aromatic carbocycles. The first-order valence-corrected chi connectivity index (χ1v) is 30.7. The molecule has 91 heavy (non-hydrogen) atoms. The molecule has 1 unspecified atom stereocenters. The van der Waals surface area contributed by atoms with Gasteiger partial charge in [-0.25, -0.2) is 4.99 Å². The van der Waals surface area contributed by atoms with Crippen LogP contribution in [0.15, 0.2) is 342 Å². The van der Waals surface area contributed by atoms with E-state index in [0.29, 0.717) is 6.42 Å². The predicted octanol–water partition coefficient (Wildman–Crippen LogP) is 20.2. The van der Waals surface area contributed by atoms with Crippen LogP contribution >= 0.6 is 0 Å². The van der Waals surface area contributed by atoms with Gasteiger partial charge in [-0.15, -0.1) is 5.73 Å². The summed E-state index contributed by atoms with van der Waals surface area (Å²) in [5.74, 6) is 0.853. The van der Waals surface area contributed by atoms with Crippen molar-refractivity contribution in [3.05, 3.63) is 372 Å². The molecular weight excluding hydrogens is 1110 g/mol. The van der Waals surface area contributed by atoms with E-state index in [4.69, 9.17) is 24.4 Å². The molecule has 4 aromatic heterocycles. The fourth-order valence-corrected chi connectivity index (χ4v) is 13.6. The van der Waals surface area contributed by atoms with Crippen molar-refractivity contribution in [2.45, 2.75) is 12.3 Å². The van der Waals surface area contributed by atoms with Crippen LogP contribution in [0, 0.1) is 0 Å². The Balaban J connectivity index is 0.801. The maximum absolute atomic E-state index is 6.90. The van der Waals surface area contributed by atoms with Gasteiger partial charge in [0.2, 0.25) is 0 Å². The van der Waals surface area contributed by atoms with Crippen molar-refractivity contribution >= 4 is 56.5 Å². The third-order valence-electron chi connectivity index (χ3n) is 17.7. The Kier molecular flexibility index (Phi) is 13.1. The second-order valence-corrected chi connectivity index (χ2v) is 23.1. The summed E-state index contributed by atoms with van der Waals surface area (Å²) in [6.45, 7) is 0. The molecule has 6 aliphatic rings. The fraction of sp³-hybridized carbons (Fsp3) is 0.0238. The lowest BCUT2D eigenvalue weighted by Gasteiger charge is -2.35. The van der Waals surface area contributed by atoms with E-state index < -0.39 is 0 Å². The zero-order chi connectivity index (χ0) is 60.2. The van der Waals surface area contributed by atoms with Gasteiger partial charge in [0.05, 0.1) is 46.1 Å². The van der Waals surface area contributed by atoms with Crippen molar-refractivity contribution in [3.63, 3.8) is 0 Å². The van der Waals surface area contributed by atoms with Crippen molar-refractivity contribution in [2.24, 2.45) is 4.99 Å². The summed E-state index contributed by atoms with van der Waals surface area (Å²) < 4.78 is 6.90. The number of nitrogens with zero attached hydrogens (tertiary/aromatic N) is 6. The van der Waals surface area contributed by atoms with E-state index in [1.165, 1.54) is 5.56 Å². The molecule has 0 N–H and O–H groups in total. The van der Waals surface area contributed by atoms with Crippen molar-refractivity contribution in [1.29, 1.82) is 0 Å². The maximum atomic E-state index is 6.90. The fourth-order valence-electron chi connectivity index (χ4n) is 13.6. The number of pyridine rings is 3. The van der Waals surface area contributed by atoms with Gasteiger partial charge in [-0.1, -0.05) is 164 Å². The molecule has 11 aromatic rings. The minimum absolute atomic E-state index is 0.0571. The van der Waals surface area contributed by atoms with Crippen LogP contribution in [0.2, 0.25) is 0 Å². The molecule has 0 fully saturated rings. The van der Waals surface area contributed by atoms with Gasteiger partial charge in [0.1, 0.15) is 11.3 Å². The van der Waals surface area contributed by atoms with Gasteiger partial charge in [-0.05, 0) is 178 Å².